The van der Waals surface area contributed by atoms with Gasteiger partial charge in [0, 0.05) is 25.2 Å². The van der Waals surface area contributed by atoms with Crippen molar-refractivity contribution < 1.29 is 19.1 Å². The van der Waals surface area contributed by atoms with Crippen molar-refractivity contribution >= 4 is 51.9 Å². The number of rotatable bonds is 5. The molecule has 1 saturated heterocycles. The Kier molecular flexibility index (Phi) is 5.89. The molecule has 0 unspecified atom stereocenters. The van der Waals surface area contributed by atoms with Crippen LogP contribution in [-0.4, -0.2) is 40.9 Å². The van der Waals surface area contributed by atoms with Crippen LogP contribution in [0.4, 0.5) is 5.69 Å². The van der Waals surface area contributed by atoms with Gasteiger partial charge in [-0.25, -0.2) is 0 Å². The molecule has 3 aliphatic heterocycles. The maximum atomic E-state index is 12.9. The average molecular weight is 467 g/mol. The Balaban J connectivity index is 1.20. The number of anilines is 1. The zero-order valence-corrected chi connectivity index (χ0v) is 19.0. The highest BCUT2D eigenvalue weighted by Gasteiger charge is 2.32. The number of aryl methyl sites for hydroxylation is 1. The molecular formula is C24H22N2O4S2. The number of thioether (sulfide) groups is 1. The zero-order valence-electron chi connectivity index (χ0n) is 17.4. The second-order valence-electron chi connectivity index (χ2n) is 7.83. The molecular weight excluding hydrogens is 444 g/mol. The van der Waals surface area contributed by atoms with Gasteiger partial charge in [0.2, 0.25) is 12.7 Å². The molecule has 0 N–H and O–H groups in total. The lowest BCUT2D eigenvalue weighted by molar-refractivity contribution is -0.123. The highest BCUT2D eigenvalue weighted by atomic mass is 32.2. The van der Waals surface area contributed by atoms with Crippen molar-refractivity contribution in [3.8, 4) is 11.5 Å². The van der Waals surface area contributed by atoms with Crippen LogP contribution in [-0.2, 0) is 16.0 Å². The molecule has 2 aromatic rings. The van der Waals surface area contributed by atoms with E-state index < -0.39 is 0 Å². The maximum absolute atomic E-state index is 12.9. The number of para-hydroxylation sites is 1. The second kappa shape index (κ2) is 8.96. The van der Waals surface area contributed by atoms with Gasteiger partial charge in [-0.3, -0.25) is 14.5 Å². The Hall–Kier alpha value is -2.84. The molecule has 5 rings (SSSR count). The molecule has 3 aliphatic rings. The van der Waals surface area contributed by atoms with E-state index in [1.165, 1.54) is 17.3 Å². The Morgan fingerprint density at radius 1 is 1.16 bits per heavy atom. The van der Waals surface area contributed by atoms with Gasteiger partial charge in [-0.2, -0.15) is 0 Å². The fourth-order valence-electron chi connectivity index (χ4n) is 4.16. The van der Waals surface area contributed by atoms with Crippen LogP contribution in [0.2, 0.25) is 0 Å². The standard InChI is InChI=1S/C24H22N2O4S2/c27-22(25-11-3-6-17-5-1-2-7-18(17)25)8-4-12-26-23(28)21(32-24(26)31)14-16-9-10-19-20(13-16)30-15-29-19/h1-2,5,7,9-10,13-14H,3-4,6,8,11-12,15H2. The molecule has 0 bridgehead atoms. The molecule has 164 valence electrons. The summed E-state index contributed by atoms with van der Waals surface area (Å²) < 4.78 is 11.3. The van der Waals surface area contributed by atoms with Gasteiger partial charge in [-0.15, -0.1) is 0 Å². The van der Waals surface area contributed by atoms with Crippen molar-refractivity contribution in [2.75, 3.05) is 24.8 Å². The number of thiocarbonyl (C=S) groups is 1. The molecule has 0 saturated carbocycles. The highest BCUT2D eigenvalue weighted by molar-refractivity contribution is 8.26. The molecule has 0 atom stereocenters. The van der Waals surface area contributed by atoms with Gasteiger partial charge in [0.1, 0.15) is 4.32 Å². The lowest BCUT2D eigenvalue weighted by Crippen LogP contribution is -2.36. The summed E-state index contributed by atoms with van der Waals surface area (Å²) in [6.45, 7) is 1.39. The van der Waals surface area contributed by atoms with Gasteiger partial charge in [0.05, 0.1) is 4.91 Å². The predicted molar refractivity (Wildman–Crippen MR) is 129 cm³/mol. The molecule has 0 aliphatic carbocycles. The van der Waals surface area contributed by atoms with Crippen LogP contribution in [0, 0.1) is 0 Å². The smallest absolute Gasteiger partial charge is 0.266 e. The summed E-state index contributed by atoms with van der Waals surface area (Å²) >= 11 is 6.72. The van der Waals surface area contributed by atoms with Crippen molar-refractivity contribution in [3.05, 3.63) is 58.5 Å². The van der Waals surface area contributed by atoms with Gasteiger partial charge in [0.15, 0.2) is 11.5 Å². The third-order valence-electron chi connectivity index (χ3n) is 5.75. The summed E-state index contributed by atoms with van der Waals surface area (Å²) in [4.78, 5) is 29.8. The summed E-state index contributed by atoms with van der Waals surface area (Å²) in [5.74, 6) is 1.36. The van der Waals surface area contributed by atoms with E-state index in [1.807, 2.05) is 47.4 Å². The summed E-state index contributed by atoms with van der Waals surface area (Å²) in [6, 6.07) is 13.6. The number of nitrogens with zero attached hydrogens (tertiary/aromatic N) is 2. The van der Waals surface area contributed by atoms with Gasteiger partial charge < -0.3 is 14.4 Å². The first-order valence-corrected chi connectivity index (χ1v) is 11.9. The maximum Gasteiger partial charge on any atom is 0.266 e. The normalized spacial score (nSPS) is 18.4. The van der Waals surface area contributed by atoms with E-state index in [2.05, 4.69) is 6.07 Å². The topological polar surface area (TPSA) is 59.1 Å². The van der Waals surface area contributed by atoms with Crippen molar-refractivity contribution in [3.63, 3.8) is 0 Å². The first-order chi connectivity index (χ1) is 15.6. The Morgan fingerprint density at radius 3 is 2.91 bits per heavy atom. The molecule has 3 heterocycles. The first-order valence-electron chi connectivity index (χ1n) is 10.6. The monoisotopic (exact) mass is 466 g/mol. The quantitative estimate of drug-likeness (QED) is 0.482. The molecule has 0 aromatic heterocycles. The third-order valence-corrected chi connectivity index (χ3v) is 7.13. The molecule has 2 amide bonds. The minimum atomic E-state index is -0.117. The van der Waals surface area contributed by atoms with Crippen molar-refractivity contribution in [1.29, 1.82) is 0 Å². The lowest BCUT2D eigenvalue weighted by atomic mass is 10.0. The summed E-state index contributed by atoms with van der Waals surface area (Å²) in [7, 11) is 0. The molecule has 32 heavy (non-hydrogen) atoms. The van der Waals surface area contributed by atoms with E-state index in [0.717, 1.165) is 30.6 Å². The summed E-state index contributed by atoms with van der Waals surface area (Å²) in [6.07, 6.45) is 4.75. The molecule has 2 aromatic carbocycles. The molecule has 6 nitrogen and oxygen atoms in total. The van der Waals surface area contributed by atoms with Gasteiger partial charge in [-0.05, 0) is 54.7 Å². The van der Waals surface area contributed by atoms with Crippen molar-refractivity contribution in [2.24, 2.45) is 0 Å². The van der Waals surface area contributed by atoms with E-state index in [9.17, 15) is 9.59 Å². The minimum absolute atomic E-state index is 0.0958. The fraction of sp³-hybridized carbons (Fsp3) is 0.292. The van der Waals surface area contributed by atoms with E-state index in [4.69, 9.17) is 21.7 Å². The average Bonchev–Trinajstić information content (AvgIpc) is 3.38. The number of fused-ring (bicyclic) bond motifs is 2. The van der Waals surface area contributed by atoms with E-state index in [0.29, 0.717) is 40.1 Å². The SMILES string of the molecule is O=C1C(=Cc2ccc3c(c2)OCO3)SC(=S)N1CCCC(=O)N1CCCc2ccccc21. The Morgan fingerprint density at radius 2 is 2.00 bits per heavy atom. The minimum Gasteiger partial charge on any atom is -0.454 e. The molecule has 0 radical (unpaired) electrons. The molecule has 1 fully saturated rings. The second-order valence-corrected chi connectivity index (χ2v) is 9.50. The largest absolute Gasteiger partial charge is 0.454 e. The third kappa shape index (κ3) is 4.12. The number of hydrogen-bond donors (Lipinski definition) is 0. The van der Waals surface area contributed by atoms with Crippen LogP contribution < -0.4 is 14.4 Å². The molecule has 8 heteroatoms. The van der Waals surface area contributed by atoms with E-state index in [-0.39, 0.29) is 18.6 Å². The van der Waals surface area contributed by atoms with Crippen LogP contribution in [0.1, 0.15) is 30.4 Å². The Labute approximate surface area is 196 Å². The van der Waals surface area contributed by atoms with Crippen LogP contribution in [0.5, 0.6) is 11.5 Å². The van der Waals surface area contributed by atoms with E-state index in [1.54, 1.807) is 4.90 Å². The number of benzene rings is 2. The first kappa shape index (κ1) is 21.0. The van der Waals surface area contributed by atoms with Crippen molar-refractivity contribution in [2.45, 2.75) is 25.7 Å². The number of ether oxygens (including phenoxy) is 2. The molecule has 0 spiro atoms. The number of carbonyl (C=O) groups is 2. The van der Waals surface area contributed by atoms with Gasteiger partial charge >= 0.3 is 0 Å². The predicted octanol–water partition coefficient (Wildman–Crippen LogP) is 4.38. The zero-order chi connectivity index (χ0) is 22.1. The Bertz CT molecular complexity index is 1130. The highest BCUT2D eigenvalue weighted by Crippen LogP contribution is 2.36. The van der Waals surface area contributed by atoms with Crippen molar-refractivity contribution in [1.82, 2.24) is 4.90 Å². The number of carbonyl (C=O) groups excluding carboxylic acids is 2. The fourth-order valence-corrected chi connectivity index (χ4v) is 5.47. The number of hydrogen-bond acceptors (Lipinski definition) is 6. The summed E-state index contributed by atoms with van der Waals surface area (Å²) in [5.41, 5.74) is 3.09. The van der Waals surface area contributed by atoms with Gasteiger partial charge in [-0.1, -0.05) is 48.2 Å². The van der Waals surface area contributed by atoms with Crippen LogP contribution in [0.15, 0.2) is 47.4 Å². The van der Waals surface area contributed by atoms with E-state index >= 15 is 0 Å². The van der Waals surface area contributed by atoms with Crippen LogP contribution in [0.25, 0.3) is 6.08 Å². The summed E-state index contributed by atoms with van der Waals surface area (Å²) in [5, 5.41) is 0. The van der Waals surface area contributed by atoms with Gasteiger partial charge in [0.25, 0.3) is 5.91 Å². The lowest BCUT2D eigenvalue weighted by Gasteiger charge is -2.29. The van der Waals surface area contributed by atoms with Crippen LogP contribution in [0.3, 0.4) is 0 Å². The number of amides is 2. The van der Waals surface area contributed by atoms with Crippen LogP contribution >= 0.6 is 24.0 Å².